The van der Waals surface area contributed by atoms with Gasteiger partial charge >= 0.3 is 0 Å². The van der Waals surface area contributed by atoms with E-state index < -0.39 is 0 Å². The van der Waals surface area contributed by atoms with Crippen molar-refractivity contribution in [2.75, 3.05) is 6.54 Å². The molecule has 0 bridgehead atoms. The first kappa shape index (κ1) is 20.1. The fraction of sp³-hybridized carbons (Fsp3) is 0.417. The van der Waals surface area contributed by atoms with Crippen LogP contribution >= 0.6 is 11.6 Å². The Morgan fingerprint density at radius 3 is 2.72 bits per heavy atom. The summed E-state index contributed by atoms with van der Waals surface area (Å²) < 4.78 is 1.78. The Morgan fingerprint density at radius 1 is 1.14 bits per heavy atom. The van der Waals surface area contributed by atoms with E-state index in [1.165, 1.54) is 12.8 Å². The van der Waals surface area contributed by atoms with Crippen LogP contribution in [0.1, 0.15) is 42.2 Å². The summed E-state index contributed by atoms with van der Waals surface area (Å²) in [4.78, 5) is 17.6. The molecule has 0 radical (unpaired) electrons. The lowest BCUT2D eigenvalue weighted by Crippen LogP contribution is -2.29. The average molecular weight is 410 g/mol. The van der Waals surface area contributed by atoms with Crippen LogP contribution in [0.4, 0.5) is 0 Å². The number of hydrogen-bond donors (Lipinski definition) is 1. The summed E-state index contributed by atoms with van der Waals surface area (Å²) >= 11 is 6.59. The SMILES string of the molecule is NCC1CCCC(Cn2cnc3cc(CC(Cl)c4ccccc4)ccc3c2=O)C1. The third kappa shape index (κ3) is 4.71. The maximum absolute atomic E-state index is 13.0. The summed E-state index contributed by atoms with van der Waals surface area (Å²) in [6.45, 7) is 1.48. The molecule has 0 aliphatic heterocycles. The molecule has 4 rings (SSSR count). The van der Waals surface area contributed by atoms with E-state index in [1.807, 2.05) is 48.5 Å². The zero-order valence-electron chi connectivity index (χ0n) is 16.6. The molecule has 0 spiro atoms. The minimum absolute atomic E-state index is 0.0434. The molecule has 3 aromatic rings. The number of alkyl halides is 1. The van der Waals surface area contributed by atoms with Crippen molar-refractivity contribution >= 4 is 22.5 Å². The second-order valence-electron chi connectivity index (χ2n) is 8.27. The quantitative estimate of drug-likeness (QED) is 0.601. The first-order valence-electron chi connectivity index (χ1n) is 10.5. The van der Waals surface area contributed by atoms with Crippen LogP contribution in [0.5, 0.6) is 0 Å². The van der Waals surface area contributed by atoms with Gasteiger partial charge in [0, 0.05) is 6.54 Å². The molecule has 152 valence electrons. The van der Waals surface area contributed by atoms with Gasteiger partial charge in [-0.2, -0.15) is 0 Å². The van der Waals surface area contributed by atoms with Gasteiger partial charge in [0.15, 0.2) is 0 Å². The zero-order chi connectivity index (χ0) is 20.2. The summed E-state index contributed by atoms with van der Waals surface area (Å²) in [6.07, 6.45) is 7.09. The van der Waals surface area contributed by atoms with Gasteiger partial charge in [-0.3, -0.25) is 9.36 Å². The normalized spacial score (nSPS) is 20.6. The first-order valence-corrected chi connectivity index (χ1v) is 10.9. The Bertz CT molecular complexity index is 1020. The fourth-order valence-electron chi connectivity index (χ4n) is 4.51. The van der Waals surface area contributed by atoms with Crippen LogP contribution in [0.25, 0.3) is 10.9 Å². The highest BCUT2D eigenvalue weighted by Crippen LogP contribution is 2.29. The van der Waals surface area contributed by atoms with Gasteiger partial charge < -0.3 is 5.73 Å². The Hall–Kier alpha value is -2.17. The monoisotopic (exact) mass is 409 g/mol. The zero-order valence-corrected chi connectivity index (χ0v) is 17.4. The Kier molecular flexibility index (Phi) is 6.31. The van der Waals surface area contributed by atoms with Gasteiger partial charge in [0.05, 0.1) is 22.6 Å². The number of fused-ring (bicyclic) bond motifs is 1. The van der Waals surface area contributed by atoms with E-state index in [2.05, 4.69) is 4.98 Å². The van der Waals surface area contributed by atoms with E-state index in [9.17, 15) is 4.79 Å². The topological polar surface area (TPSA) is 60.9 Å². The smallest absolute Gasteiger partial charge is 0.261 e. The summed E-state index contributed by atoms with van der Waals surface area (Å²) in [5.74, 6) is 1.10. The van der Waals surface area contributed by atoms with Crippen LogP contribution < -0.4 is 11.3 Å². The third-order valence-electron chi connectivity index (χ3n) is 6.15. The number of hydrogen-bond acceptors (Lipinski definition) is 3. The number of halogens is 1. The molecule has 0 saturated heterocycles. The maximum atomic E-state index is 13.0. The van der Waals surface area contributed by atoms with E-state index in [0.29, 0.717) is 23.6 Å². The molecule has 2 aromatic carbocycles. The molecule has 1 heterocycles. The van der Waals surface area contributed by atoms with Crippen LogP contribution in [0, 0.1) is 11.8 Å². The molecule has 0 amide bonds. The predicted octanol–water partition coefficient (Wildman–Crippen LogP) is 4.68. The molecule has 5 heteroatoms. The molecule has 3 unspecified atom stereocenters. The van der Waals surface area contributed by atoms with Crippen LogP contribution in [0.15, 0.2) is 59.7 Å². The van der Waals surface area contributed by atoms with Gasteiger partial charge in [0.2, 0.25) is 0 Å². The van der Waals surface area contributed by atoms with Gasteiger partial charge in [0.25, 0.3) is 5.56 Å². The number of rotatable bonds is 6. The molecular formula is C24H28ClN3O. The number of benzene rings is 2. The second-order valence-corrected chi connectivity index (χ2v) is 8.80. The lowest BCUT2D eigenvalue weighted by molar-refractivity contribution is 0.246. The summed E-state index contributed by atoms with van der Waals surface area (Å²) in [6, 6.07) is 15.9. The lowest BCUT2D eigenvalue weighted by Gasteiger charge is -2.28. The molecule has 1 aliphatic carbocycles. The van der Waals surface area contributed by atoms with Crippen LogP contribution in [-0.4, -0.2) is 16.1 Å². The average Bonchev–Trinajstić information content (AvgIpc) is 2.76. The largest absolute Gasteiger partial charge is 0.330 e. The van der Waals surface area contributed by atoms with E-state index in [-0.39, 0.29) is 10.9 Å². The molecule has 1 aromatic heterocycles. The van der Waals surface area contributed by atoms with E-state index in [1.54, 1.807) is 10.9 Å². The van der Waals surface area contributed by atoms with Crippen LogP contribution in [0.2, 0.25) is 0 Å². The molecule has 1 saturated carbocycles. The Labute approximate surface area is 176 Å². The predicted molar refractivity (Wildman–Crippen MR) is 119 cm³/mol. The van der Waals surface area contributed by atoms with Crippen molar-refractivity contribution < 1.29 is 0 Å². The number of aromatic nitrogens is 2. The third-order valence-corrected chi connectivity index (χ3v) is 6.55. The van der Waals surface area contributed by atoms with Crippen LogP contribution in [-0.2, 0) is 13.0 Å². The van der Waals surface area contributed by atoms with Crippen LogP contribution in [0.3, 0.4) is 0 Å². The summed E-state index contributed by atoms with van der Waals surface area (Å²) in [5.41, 5.74) is 8.83. The van der Waals surface area contributed by atoms with Gasteiger partial charge in [0.1, 0.15) is 0 Å². The number of nitrogens with two attached hydrogens (primary N) is 1. The van der Waals surface area contributed by atoms with E-state index in [0.717, 1.165) is 42.6 Å². The number of nitrogens with zero attached hydrogens (tertiary/aromatic N) is 2. The summed E-state index contributed by atoms with van der Waals surface area (Å²) in [7, 11) is 0. The van der Waals surface area contributed by atoms with Gasteiger partial charge in [-0.15, -0.1) is 11.6 Å². The molecule has 3 atom stereocenters. The first-order chi connectivity index (χ1) is 14.1. The standard InChI is InChI=1S/C24H28ClN3O/c25-22(20-7-2-1-3-8-20)12-17-9-10-21-23(13-17)27-16-28(24(21)29)15-19-6-4-5-18(11-19)14-26/h1-3,7-10,13,16,18-19,22H,4-6,11-12,14-15,26H2. The molecule has 4 nitrogen and oxygen atoms in total. The molecular weight excluding hydrogens is 382 g/mol. The molecule has 1 aliphatic rings. The minimum Gasteiger partial charge on any atom is -0.330 e. The summed E-state index contributed by atoms with van der Waals surface area (Å²) in [5, 5.41) is 0.573. The van der Waals surface area contributed by atoms with Crippen molar-refractivity contribution in [3.8, 4) is 0 Å². The highest BCUT2D eigenvalue weighted by atomic mass is 35.5. The van der Waals surface area contributed by atoms with Crippen molar-refractivity contribution in [1.29, 1.82) is 0 Å². The second kappa shape index (κ2) is 9.10. The fourth-order valence-corrected chi connectivity index (χ4v) is 4.83. The lowest BCUT2D eigenvalue weighted by atomic mass is 9.81. The van der Waals surface area contributed by atoms with E-state index >= 15 is 0 Å². The van der Waals surface area contributed by atoms with Gasteiger partial charge in [-0.05, 0) is 67.3 Å². The molecule has 1 fully saturated rings. The Morgan fingerprint density at radius 2 is 1.93 bits per heavy atom. The van der Waals surface area contributed by atoms with E-state index in [4.69, 9.17) is 17.3 Å². The highest BCUT2D eigenvalue weighted by Gasteiger charge is 2.22. The van der Waals surface area contributed by atoms with Gasteiger partial charge in [-0.1, -0.05) is 42.8 Å². The minimum atomic E-state index is -0.101. The molecule has 2 N–H and O–H groups in total. The van der Waals surface area contributed by atoms with Crippen molar-refractivity contribution in [2.24, 2.45) is 17.6 Å². The van der Waals surface area contributed by atoms with Crippen molar-refractivity contribution in [1.82, 2.24) is 9.55 Å². The maximum Gasteiger partial charge on any atom is 0.261 e. The van der Waals surface area contributed by atoms with Gasteiger partial charge in [-0.25, -0.2) is 4.98 Å². The Balaban J connectivity index is 1.52. The molecule has 29 heavy (non-hydrogen) atoms. The van der Waals surface area contributed by atoms with Crippen molar-refractivity contribution in [3.63, 3.8) is 0 Å². The van der Waals surface area contributed by atoms with Crippen molar-refractivity contribution in [2.45, 2.75) is 44.0 Å². The highest BCUT2D eigenvalue weighted by molar-refractivity contribution is 6.20. The van der Waals surface area contributed by atoms with Crippen molar-refractivity contribution in [3.05, 3.63) is 76.3 Å².